The highest BCUT2D eigenvalue weighted by molar-refractivity contribution is 6.42. The van der Waals surface area contributed by atoms with Gasteiger partial charge in [-0.2, -0.15) is 5.26 Å². The Hall–Kier alpha value is -2.59. The van der Waals surface area contributed by atoms with Gasteiger partial charge in [-0.15, -0.1) is 0 Å². The van der Waals surface area contributed by atoms with Gasteiger partial charge in [0.1, 0.15) is 18.2 Å². The average molecular weight is 571 g/mol. The van der Waals surface area contributed by atoms with Gasteiger partial charge in [0.25, 0.3) is 5.91 Å². The quantitative estimate of drug-likeness (QED) is 0.218. The molecule has 10 heteroatoms. The number of benzene rings is 3. The molecule has 180 valence electrons. The fraction of sp³-hybridized carbons (Fsp3) is 0.120. The van der Waals surface area contributed by atoms with Crippen LogP contribution in [0.15, 0.2) is 54.1 Å². The summed E-state index contributed by atoms with van der Waals surface area (Å²) in [7, 11) is 0. The SMILES string of the molecule is CCOc1cc(/C=C(\C#N)C(=O)Nc2ccc(Cl)c(Cl)c2)cc(Cl)c1OCc1ccc(Cl)c(Cl)c1. The molecule has 3 rings (SSSR count). The number of carbonyl (C=O) groups is 1. The summed E-state index contributed by atoms with van der Waals surface area (Å²) in [6.45, 7) is 2.32. The minimum Gasteiger partial charge on any atom is -0.490 e. The molecule has 3 aromatic carbocycles. The van der Waals surface area contributed by atoms with E-state index in [2.05, 4.69) is 5.32 Å². The van der Waals surface area contributed by atoms with Crippen molar-refractivity contribution < 1.29 is 14.3 Å². The van der Waals surface area contributed by atoms with Crippen molar-refractivity contribution in [1.29, 1.82) is 5.26 Å². The average Bonchev–Trinajstić information content (AvgIpc) is 2.81. The number of rotatable bonds is 8. The lowest BCUT2D eigenvalue weighted by molar-refractivity contribution is -0.112. The summed E-state index contributed by atoms with van der Waals surface area (Å²) in [5.41, 5.74) is 1.50. The first-order valence-electron chi connectivity index (χ1n) is 10.1. The van der Waals surface area contributed by atoms with E-state index in [1.807, 2.05) is 13.0 Å². The number of amides is 1. The number of hydrogen-bond acceptors (Lipinski definition) is 4. The van der Waals surface area contributed by atoms with E-state index in [0.29, 0.717) is 44.4 Å². The monoisotopic (exact) mass is 568 g/mol. The maximum absolute atomic E-state index is 12.6. The van der Waals surface area contributed by atoms with Gasteiger partial charge in [0.2, 0.25) is 0 Å². The van der Waals surface area contributed by atoms with Gasteiger partial charge in [-0.05, 0) is 66.6 Å². The predicted molar refractivity (Wildman–Crippen MR) is 142 cm³/mol. The molecule has 0 heterocycles. The van der Waals surface area contributed by atoms with Crippen molar-refractivity contribution in [3.05, 3.63) is 90.3 Å². The van der Waals surface area contributed by atoms with Crippen LogP contribution in [0, 0.1) is 11.3 Å². The van der Waals surface area contributed by atoms with E-state index in [9.17, 15) is 10.1 Å². The molecule has 1 N–H and O–H groups in total. The largest absolute Gasteiger partial charge is 0.490 e. The second kappa shape index (κ2) is 12.4. The number of ether oxygens (including phenoxy) is 2. The Bertz CT molecular complexity index is 1340. The van der Waals surface area contributed by atoms with E-state index in [-0.39, 0.29) is 22.2 Å². The van der Waals surface area contributed by atoms with Gasteiger partial charge in [0.05, 0.1) is 31.7 Å². The van der Waals surface area contributed by atoms with Gasteiger partial charge in [-0.3, -0.25) is 4.79 Å². The lowest BCUT2D eigenvalue weighted by Crippen LogP contribution is -2.13. The number of nitrogens with one attached hydrogen (secondary N) is 1. The highest BCUT2D eigenvalue weighted by Crippen LogP contribution is 2.38. The van der Waals surface area contributed by atoms with Crippen molar-refractivity contribution in [2.24, 2.45) is 0 Å². The summed E-state index contributed by atoms with van der Waals surface area (Å²) in [5.74, 6) is 0.0453. The van der Waals surface area contributed by atoms with Crippen LogP contribution in [-0.4, -0.2) is 12.5 Å². The Labute approximate surface area is 227 Å². The zero-order valence-electron chi connectivity index (χ0n) is 18.2. The van der Waals surface area contributed by atoms with E-state index in [1.165, 1.54) is 12.1 Å². The zero-order valence-corrected chi connectivity index (χ0v) is 22.0. The molecule has 0 aromatic heterocycles. The summed E-state index contributed by atoms with van der Waals surface area (Å²) < 4.78 is 11.6. The number of hydrogen-bond donors (Lipinski definition) is 1. The second-order valence-electron chi connectivity index (χ2n) is 7.05. The Morgan fingerprint density at radius 3 is 2.23 bits per heavy atom. The van der Waals surface area contributed by atoms with Crippen LogP contribution in [0.3, 0.4) is 0 Å². The number of anilines is 1. The van der Waals surface area contributed by atoms with Crippen molar-refractivity contribution >= 4 is 75.7 Å². The van der Waals surface area contributed by atoms with Crippen LogP contribution in [0.4, 0.5) is 5.69 Å². The molecule has 0 saturated heterocycles. The summed E-state index contributed by atoms with van der Waals surface area (Å²) in [6, 6.07) is 14.8. The van der Waals surface area contributed by atoms with E-state index in [1.54, 1.807) is 42.5 Å². The van der Waals surface area contributed by atoms with Crippen molar-refractivity contribution in [3.8, 4) is 17.6 Å². The third-order valence-electron chi connectivity index (χ3n) is 4.55. The van der Waals surface area contributed by atoms with Crippen LogP contribution in [0.25, 0.3) is 6.08 Å². The molecular formula is C25H17Cl5N2O3. The topological polar surface area (TPSA) is 71.3 Å². The molecule has 3 aromatic rings. The first kappa shape index (κ1) is 27.0. The number of nitriles is 1. The zero-order chi connectivity index (χ0) is 25.5. The molecule has 0 aliphatic carbocycles. The van der Waals surface area contributed by atoms with Gasteiger partial charge in [0, 0.05) is 5.69 Å². The molecule has 0 spiro atoms. The van der Waals surface area contributed by atoms with Gasteiger partial charge < -0.3 is 14.8 Å². The molecule has 0 aliphatic rings. The van der Waals surface area contributed by atoms with Crippen LogP contribution in [-0.2, 0) is 11.4 Å². The number of carbonyl (C=O) groups excluding carboxylic acids is 1. The number of nitrogens with zero attached hydrogens (tertiary/aromatic N) is 1. The summed E-state index contributed by atoms with van der Waals surface area (Å²) in [5, 5.41) is 13.9. The fourth-order valence-electron chi connectivity index (χ4n) is 2.95. The lowest BCUT2D eigenvalue weighted by atomic mass is 10.1. The Kier molecular flexibility index (Phi) is 9.56. The highest BCUT2D eigenvalue weighted by atomic mass is 35.5. The maximum atomic E-state index is 12.6. The molecule has 35 heavy (non-hydrogen) atoms. The highest BCUT2D eigenvalue weighted by Gasteiger charge is 2.15. The van der Waals surface area contributed by atoms with Crippen molar-refractivity contribution in [2.45, 2.75) is 13.5 Å². The van der Waals surface area contributed by atoms with Gasteiger partial charge in [-0.1, -0.05) is 64.1 Å². The summed E-state index contributed by atoms with van der Waals surface area (Å²) in [4.78, 5) is 12.6. The van der Waals surface area contributed by atoms with Crippen LogP contribution < -0.4 is 14.8 Å². The molecule has 0 fully saturated rings. The molecule has 0 atom stereocenters. The molecule has 0 saturated carbocycles. The maximum Gasteiger partial charge on any atom is 0.266 e. The van der Waals surface area contributed by atoms with Crippen LogP contribution in [0.5, 0.6) is 11.5 Å². The summed E-state index contributed by atoms with van der Waals surface area (Å²) in [6.07, 6.45) is 1.39. The standard InChI is InChI=1S/C25H17Cl5N2O3/c1-2-34-23-10-15(7-16(12-31)25(33)32-17-4-6-19(27)21(29)11-17)9-22(30)24(23)35-13-14-3-5-18(26)20(28)8-14/h3-11H,2,13H2,1H3,(H,32,33)/b16-7+. The van der Waals surface area contributed by atoms with E-state index in [4.69, 9.17) is 67.5 Å². The van der Waals surface area contributed by atoms with Gasteiger partial charge in [-0.25, -0.2) is 0 Å². The molecule has 0 aliphatic heterocycles. The first-order chi connectivity index (χ1) is 16.7. The second-order valence-corrected chi connectivity index (χ2v) is 9.09. The van der Waals surface area contributed by atoms with Crippen LogP contribution in [0.1, 0.15) is 18.1 Å². The molecular weight excluding hydrogens is 554 g/mol. The predicted octanol–water partition coefficient (Wildman–Crippen LogP) is 8.48. The minimum atomic E-state index is -0.625. The summed E-state index contributed by atoms with van der Waals surface area (Å²) >= 11 is 30.4. The van der Waals surface area contributed by atoms with Crippen molar-refractivity contribution in [3.63, 3.8) is 0 Å². The number of halogens is 5. The Balaban J connectivity index is 1.85. The smallest absolute Gasteiger partial charge is 0.266 e. The molecule has 1 amide bonds. The molecule has 0 bridgehead atoms. The lowest BCUT2D eigenvalue weighted by Gasteiger charge is -2.15. The van der Waals surface area contributed by atoms with Gasteiger partial charge >= 0.3 is 0 Å². The molecule has 0 radical (unpaired) electrons. The molecule has 5 nitrogen and oxygen atoms in total. The Morgan fingerprint density at radius 1 is 0.914 bits per heavy atom. The van der Waals surface area contributed by atoms with Crippen LogP contribution >= 0.6 is 58.0 Å². The minimum absolute atomic E-state index is 0.154. The Morgan fingerprint density at radius 2 is 1.60 bits per heavy atom. The molecule has 0 unspecified atom stereocenters. The van der Waals surface area contributed by atoms with Crippen LogP contribution in [0.2, 0.25) is 25.1 Å². The van der Waals surface area contributed by atoms with E-state index < -0.39 is 5.91 Å². The first-order valence-corrected chi connectivity index (χ1v) is 12.0. The van der Waals surface area contributed by atoms with Crippen molar-refractivity contribution in [1.82, 2.24) is 0 Å². The van der Waals surface area contributed by atoms with Crippen molar-refractivity contribution in [2.75, 3.05) is 11.9 Å². The third-order valence-corrected chi connectivity index (χ3v) is 6.31. The fourth-order valence-corrected chi connectivity index (χ4v) is 3.84. The van der Waals surface area contributed by atoms with Gasteiger partial charge in [0.15, 0.2) is 11.5 Å². The van der Waals surface area contributed by atoms with E-state index >= 15 is 0 Å². The van der Waals surface area contributed by atoms with E-state index in [0.717, 1.165) is 5.56 Å². The third kappa shape index (κ3) is 7.20. The normalized spacial score (nSPS) is 11.1.